The molecule has 1 amide bonds. The number of amides is 1. The van der Waals surface area contributed by atoms with Gasteiger partial charge in [-0.05, 0) is 74.8 Å². The summed E-state index contributed by atoms with van der Waals surface area (Å²) in [5.74, 6) is -0.0914. The number of hydrogen-bond donors (Lipinski definition) is 1. The van der Waals surface area contributed by atoms with Gasteiger partial charge >= 0.3 is 0 Å². The average Bonchev–Trinajstić information content (AvgIpc) is 2.42. The molecule has 0 saturated heterocycles. The highest BCUT2D eigenvalue weighted by molar-refractivity contribution is 14.1. The lowest BCUT2D eigenvalue weighted by molar-refractivity contribution is 0.102. The molecule has 2 nitrogen and oxygen atoms in total. The second-order valence-electron chi connectivity index (χ2n) is 4.09. The molecule has 98 valence electrons. The molecule has 0 spiro atoms. The fraction of sp³-hybridized carbons (Fsp3) is 0.133. The van der Waals surface area contributed by atoms with E-state index in [-0.39, 0.29) is 5.91 Å². The summed E-state index contributed by atoms with van der Waals surface area (Å²) in [4.78, 5) is 12.3. The van der Waals surface area contributed by atoms with Crippen molar-refractivity contribution >= 4 is 50.1 Å². The molecule has 0 aliphatic heterocycles. The Morgan fingerprint density at radius 2 is 2.00 bits per heavy atom. The van der Waals surface area contributed by atoms with E-state index in [4.69, 9.17) is 0 Å². The van der Waals surface area contributed by atoms with E-state index in [0.29, 0.717) is 5.56 Å². The fourth-order valence-corrected chi connectivity index (χ4v) is 2.73. The number of nitrogens with one attached hydrogen (secondary N) is 1. The Hall–Kier alpha value is -0.880. The van der Waals surface area contributed by atoms with E-state index >= 15 is 0 Å². The molecule has 0 radical (unpaired) electrons. The fourth-order valence-electron chi connectivity index (χ4n) is 1.81. The van der Waals surface area contributed by atoms with Gasteiger partial charge in [-0.25, -0.2) is 0 Å². The highest BCUT2D eigenvalue weighted by Gasteiger charge is 2.12. The van der Waals surface area contributed by atoms with Crippen LogP contribution in [0.25, 0.3) is 0 Å². The average molecular weight is 430 g/mol. The zero-order valence-corrected chi connectivity index (χ0v) is 14.2. The second kappa shape index (κ2) is 6.52. The van der Waals surface area contributed by atoms with Crippen LogP contribution in [0.1, 0.15) is 22.8 Å². The SMILES string of the molecule is CCc1ccccc1NC(=O)c1cc(I)ccc1Br. The van der Waals surface area contributed by atoms with Crippen molar-refractivity contribution in [3.63, 3.8) is 0 Å². The van der Waals surface area contributed by atoms with Crippen LogP contribution in [0.4, 0.5) is 5.69 Å². The van der Waals surface area contributed by atoms with Crippen molar-refractivity contribution in [1.82, 2.24) is 0 Å². The molecule has 0 aliphatic rings. The summed E-state index contributed by atoms with van der Waals surface area (Å²) in [5.41, 5.74) is 2.66. The van der Waals surface area contributed by atoms with Crippen LogP contribution < -0.4 is 5.32 Å². The van der Waals surface area contributed by atoms with Gasteiger partial charge in [0.1, 0.15) is 0 Å². The molecule has 0 unspecified atom stereocenters. The van der Waals surface area contributed by atoms with Gasteiger partial charge in [0.2, 0.25) is 0 Å². The lowest BCUT2D eigenvalue weighted by atomic mass is 10.1. The molecular weight excluding hydrogens is 417 g/mol. The van der Waals surface area contributed by atoms with Gasteiger partial charge in [-0.2, -0.15) is 0 Å². The van der Waals surface area contributed by atoms with Crippen LogP contribution in [-0.2, 0) is 6.42 Å². The molecule has 2 aromatic carbocycles. The van der Waals surface area contributed by atoms with Gasteiger partial charge in [0.15, 0.2) is 0 Å². The van der Waals surface area contributed by atoms with Crippen molar-refractivity contribution in [3.05, 3.63) is 61.6 Å². The van der Waals surface area contributed by atoms with Crippen LogP contribution in [0.5, 0.6) is 0 Å². The van der Waals surface area contributed by atoms with Gasteiger partial charge in [-0.1, -0.05) is 25.1 Å². The van der Waals surface area contributed by atoms with E-state index in [9.17, 15) is 4.79 Å². The summed E-state index contributed by atoms with van der Waals surface area (Å²) in [6.45, 7) is 2.08. The standard InChI is InChI=1S/C15H13BrINO/c1-2-10-5-3-4-6-14(10)18-15(19)12-9-11(17)7-8-13(12)16/h3-9H,2H2,1H3,(H,18,19). The van der Waals surface area contributed by atoms with Crippen molar-refractivity contribution in [2.24, 2.45) is 0 Å². The highest BCUT2D eigenvalue weighted by Crippen LogP contribution is 2.22. The van der Waals surface area contributed by atoms with E-state index in [1.807, 2.05) is 42.5 Å². The molecule has 2 rings (SSSR count). The Morgan fingerprint density at radius 1 is 1.26 bits per heavy atom. The van der Waals surface area contributed by atoms with E-state index in [2.05, 4.69) is 50.8 Å². The topological polar surface area (TPSA) is 29.1 Å². The summed E-state index contributed by atoms with van der Waals surface area (Å²) in [6, 6.07) is 13.6. The first-order chi connectivity index (χ1) is 9.11. The Morgan fingerprint density at radius 3 is 2.74 bits per heavy atom. The third-order valence-electron chi connectivity index (χ3n) is 2.82. The molecular formula is C15H13BrINO. The van der Waals surface area contributed by atoms with E-state index < -0.39 is 0 Å². The Kier molecular flexibility index (Phi) is 4.99. The van der Waals surface area contributed by atoms with E-state index in [1.54, 1.807) is 0 Å². The maximum absolute atomic E-state index is 12.3. The largest absolute Gasteiger partial charge is 0.322 e. The lowest BCUT2D eigenvalue weighted by Gasteiger charge is -2.10. The van der Waals surface area contributed by atoms with Crippen LogP contribution in [0.3, 0.4) is 0 Å². The maximum atomic E-state index is 12.3. The monoisotopic (exact) mass is 429 g/mol. The Bertz CT molecular complexity index is 613. The van der Waals surface area contributed by atoms with Crippen LogP contribution in [0.2, 0.25) is 0 Å². The van der Waals surface area contributed by atoms with Crippen LogP contribution >= 0.6 is 38.5 Å². The molecule has 0 atom stereocenters. The number of hydrogen-bond acceptors (Lipinski definition) is 1. The number of carbonyl (C=O) groups is 1. The lowest BCUT2D eigenvalue weighted by Crippen LogP contribution is -2.14. The molecule has 0 heterocycles. The number of aryl methyl sites for hydroxylation is 1. The maximum Gasteiger partial charge on any atom is 0.256 e. The Balaban J connectivity index is 2.28. The molecule has 0 aliphatic carbocycles. The van der Waals surface area contributed by atoms with Crippen molar-refractivity contribution in [2.75, 3.05) is 5.32 Å². The van der Waals surface area contributed by atoms with Gasteiger partial charge in [0, 0.05) is 13.7 Å². The van der Waals surface area contributed by atoms with Crippen molar-refractivity contribution in [1.29, 1.82) is 0 Å². The Labute approximate surface area is 134 Å². The number of benzene rings is 2. The highest BCUT2D eigenvalue weighted by atomic mass is 127. The van der Waals surface area contributed by atoms with Gasteiger partial charge in [-0.3, -0.25) is 4.79 Å². The summed E-state index contributed by atoms with van der Waals surface area (Å²) in [6.07, 6.45) is 0.893. The quantitative estimate of drug-likeness (QED) is 0.693. The van der Waals surface area contributed by atoms with Crippen LogP contribution in [0.15, 0.2) is 46.9 Å². The number of rotatable bonds is 3. The molecule has 1 N–H and O–H groups in total. The number of para-hydroxylation sites is 1. The first-order valence-corrected chi connectivity index (χ1v) is 7.83. The number of halogens is 2. The van der Waals surface area contributed by atoms with E-state index in [0.717, 1.165) is 25.7 Å². The zero-order chi connectivity index (χ0) is 13.8. The number of anilines is 1. The molecule has 4 heteroatoms. The van der Waals surface area contributed by atoms with Crippen molar-refractivity contribution in [3.8, 4) is 0 Å². The molecule has 0 bridgehead atoms. The summed E-state index contributed by atoms with van der Waals surface area (Å²) in [7, 11) is 0. The molecule has 0 saturated carbocycles. The molecule has 2 aromatic rings. The summed E-state index contributed by atoms with van der Waals surface area (Å²) >= 11 is 5.62. The normalized spacial score (nSPS) is 10.3. The van der Waals surface area contributed by atoms with Crippen LogP contribution in [0, 0.1) is 3.57 Å². The van der Waals surface area contributed by atoms with Gasteiger partial charge in [-0.15, -0.1) is 0 Å². The molecule has 0 aromatic heterocycles. The van der Waals surface area contributed by atoms with Crippen molar-refractivity contribution < 1.29 is 4.79 Å². The summed E-state index contributed by atoms with van der Waals surface area (Å²) in [5, 5.41) is 2.97. The van der Waals surface area contributed by atoms with Crippen LogP contribution in [-0.4, -0.2) is 5.91 Å². The third-order valence-corrected chi connectivity index (χ3v) is 4.18. The van der Waals surface area contributed by atoms with E-state index in [1.165, 1.54) is 0 Å². The summed E-state index contributed by atoms with van der Waals surface area (Å²) < 4.78 is 1.84. The molecule has 19 heavy (non-hydrogen) atoms. The first-order valence-electron chi connectivity index (χ1n) is 5.96. The second-order valence-corrected chi connectivity index (χ2v) is 6.19. The minimum Gasteiger partial charge on any atom is -0.322 e. The first kappa shape index (κ1) is 14.5. The van der Waals surface area contributed by atoms with Gasteiger partial charge in [0.25, 0.3) is 5.91 Å². The van der Waals surface area contributed by atoms with Gasteiger partial charge < -0.3 is 5.32 Å². The van der Waals surface area contributed by atoms with Crippen molar-refractivity contribution in [2.45, 2.75) is 13.3 Å². The van der Waals surface area contributed by atoms with Gasteiger partial charge in [0.05, 0.1) is 5.56 Å². The predicted molar refractivity (Wildman–Crippen MR) is 90.6 cm³/mol. The minimum absolute atomic E-state index is 0.0914. The zero-order valence-electron chi connectivity index (χ0n) is 10.4. The smallest absolute Gasteiger partial charge is 0.256 e. The third kappa shape index (κ3) is 3.57. The number of carbonyl (C=O) groups excluding carboxylic acids is 1. The molecule has 0 fully saturated rings. The predicted octanol–water partition coefficient (Wildman–Crippen LogP) is 4.87. The minimum atomic E-state index is -0.0914.